The summed E-state index contributed by atoms with van der Waals surface area (Å²) >= 11 is 0. The van der Waals surface area contributed by atoms with Crippen molar-refractivity contribution in [3.63, 3.8) is 0 Å². The second-order valence-corrected chi connectivity index (χ2v) is 3.95. The molecule has 0 saturated carbocycles. The molecule has 0 spiro atoms. The van der Waals surface area contributed by atoms with Gasteiger partial charge in [0.15, 0.2) is 0 Å². The molecule has 14 heavy (non-hydrogen) atoms. The number of carbonyl (C=O) groups is 2. The largest absolute Gasteiger partial charge is 0.463 e. The Kier molecular flexibility index (Phi) is 2.02. The van der Waals surface area contributed by atoms with E-state index in [4.69, 9.17) is 0 Å². The molecule has 0 aliphatic heterocycles. The van der Waals surface area contributed by atoms with E-state index in [1.54, 1.807) is 0 Å². The number of Topliss-reactive ketones (excluding diaryl/α,β-unsaturated/α-hetero) is 1. The number of hydrogen-bond acceptors (Lipinski definition) is 3. The molecule has 2 bridgehead atoms. The second-order valence-electron chi connectivity index (χ2n) is 3.95. The Hall–Kier alpha value is -1.38. The molecule has 0 heterocycles. The van der Waals surface area contributed by atoms with Crippen LogP contribution in [0.15, 0.2) is 23.8 Å². The third kappa shape index (κ3) is 1.39. The summed E-state index contributed by atoms with van der Waals surface area (Å²) in [5.74, 6) is -1.15. The third-order valence-electron chi connectivity index (χ3n) is 2.90. The molecule has 0 saturated heterocycles. The van der Waals surface area contributed by atoms with Crippen molar-refractivity contribution < 1.29 is 14.3 Å². The van der Waals surface area contributed by atoms with E-state index in [1.165, 1.54) is 12.7 Å². The fourth-order valence-electron chi connectivity index (χ4n) is 2.12. The van der Waals surface area contributed by atoms with Gasteiger partial charge in [0.05, 0.1) is 7.11 Å². The molecule has 0 fully saturated rings. The number of ketones is 1. The van der Waals surface area contributed by atoms with Gasteiger partial charge in [-0.2, -0.15) is 0 Å². The molecular formula is C11H12O3. The molecule has 3 heteroatoms. The van der Waals surface area contributed by atoms with Gasteiger partial charge in [-0.15, -0.1) is 0 Å². The lowest BCUT2D eigenvalue weighted by molar-refractivity contribution is -0.152. The van der Waals surface area contributed by atoms with Crippen molar-refractivity contribution >= 4 is 11.8 Å². The molecule has 1 atom stereocenters. The molecule has 2 aliphatic rings. The molecule has 0 aromatic carbocycles. The van der Waals surface area contributed by atoms with E-state index < -0.39 is 11.8 Å². The van der Waals surface area contributed by atoms with E-state index in [-0.39, 0.29) is 11.8 Å². The van der Waals surface area contributed by atoms with Crippen molar-refractivity contribution in [2.75, 3.05) is 7.11 Å². The SMILES string of the molecule is COC(=O)C(=O)CC12C=CC(=CC1)C2. The lowest BCUT2D eigenvalue weighted by atomic mass is 9.82. The van der Waals surface area contributed by atoms with E-state index in [1.807, 2.05) is 12.2 Å². The maximum absolute atomic E-state index is 11.4. The molecule has 0 aromatic rings. The Balaban J connectivity index is 2.03. The van der Waals surface area contributed by atoms with Gasteiger partial charge in [-0.3, -0.25) is 4.79 Å². The van der Waals surface area contributed by atoms with Crippen LogP contribution in [0, 0.1) is 5.41 Å². The van der Waals surface area contributed by atoms with Crippen molar-refractivity contribution in [2.24, 2.45) is 5.41 Å². The fourth-order valence-corrected chi connectivity index (χ4v) is 2.12. The highest BCUT2D eigenvalue weighted by molar-refractivity contribution is 6.33. The zero-order valence-electron chi connectivity index (χ0n) is 8.08. The van der Waals surface area contributed by atoms with Gasteiger partial charge in [0.25, 0.3) is 0 Å². The van der Waals surface area contributed by atoms with Crippen LogP contribution in [0.5, 0.6) is 0 Å². The van der Waals surface area contributed by atoms with Gasteiger partial charge in [0, 0.05) is 11.8 Å². The number of ether oxygens (including phenoxy) is 1. The summed E-state index contributed by atoms with van der Waals surface area (Å²) < 4.78 is 4.40. The van der Waals surface area contributed by atoms with Crippen molar-refractivity contribution in [3.05, 3.63) is 23.8 Å². The van der Waals surface area contributed by atoms with Crippen LogP contribution in [-0.4, -0.2) is 18.9 Å². The number of carbonyl (C=O) groups excluding carboxylic acids is 2. The zero-order chi connectivity index (χ0) is 10.2. The van der Waals surface area contributed by atoms with Crippen molar-refractivity contribution in [2.45, 2.75) is 19.3 Å². The first-order valence-corrected chi connectivity index (χ1v) is 4.65. The molecule has 0 N–H and O–H groups in total. The second kappa shape index (κ2) is 3.08. The summed E-state index contributed by atoms with van der Waals surface area (Å²) in [5, 5.41) is 0. The number of allylic oxidation sites excluding steroid dienone is 4. The molecule has 0 amide bonds. The Morgan fingerprint density at radius 1 is 1.57 bits per heavy atom. The highest BCUT2D eigenvalue weighted by Gasteiger charge is 2.38. The van der Waals surface area contributed by atoms with Crippen LogP contribution in [0.2, 0.25) is 0 Å². The number of methoxy groups -OCH3 is 1. The first-order chi connectivity index (χ1) is 6.65. The highest BCUT2D eigenvalue weighted by Crippen LogP contribution is 2.47. The molecule has 0 radical (unpaired) electrons. The molecular weight excluding hydrogens is 180 g/mol. The van der Waals surface area contributed by atoms with Crippen LogP contribution < -0.4 is 0 Å². The maximum Gasteiger partial charge on any atom is 0.374 e. The van der Waals surface area contributed by atoms with Crippen LogP contribution in [0.3, 0.4) is 0 Å². The van der Waals surface area contributed by atoms with Crippen molar-refractivity contribution in [1.82, 2.24) is 0 Å². The number of esters is 1. The summed E-state index contributed by atoms with van der Waals surface area (Å²) in [7, 11) is 1.24. The van der Waals surface area contributed by atoms with E-state index in [9.17, 15) is 9.59 Å². The first kappa shape index (κ1) is 9.19. The molecule has 1 unspecified atom stereocenters. The first-order valence-electron chi connectivity index (χ1n) is 4.65. The van der Waals surface area contributed by atoms with Gasteiger partial charge in [-0.25, -0.2) is 4.79 Å². The maximum atomic E-state index is 11.4. The Labute approximate surface area is 82.4 Å². The fraction of sp³-hybridized carbons (Fsp3) is 0.455. The van der Waals surface area contributed by atoms with Gasteiger partial charge in [0.2, 0.25) is 5.78 Å². The van der Waals surface area contributed by atoms with Gasteiger partial charge >= 0.3 is 5.97 Å². The monoisotopic (exact) mass is 192 g/mol. The zero-order valence-corrected chi connectivity index (χ0v) is 8.08. The molecule has 2 aliphatic carbocycles. The van der Waals surface area contributed by atoms with Gasteiger partial charge in [-0.05, 0) is 12.8 Å². The highest BCUT2D eigenvalue weighted by atomic mass is 16.5. The smallest absolute Gasteiger partial charge is 0.374 e. The van der Waals surface area contributed by atoms with Crippen molar-refractivity contribution in [1.29, 1.82) is 0 Å². The minimum Gasteiger partial charge on any atom is -0.463 e. The Morgan fingerprint density at radius 3 is 2.79 bits per heavy atom. The molecule has 0 aromatic heterocycles. The summed E-state index contributed by atoms with van der Waals surface area (Å²) in [6.07, 6.45) is 8.26. The predicted octanol–water partition coefficient (Wildman–Crippen LogP) is 1.39. The molecule has 74 valence electrons. The minimum absolute atomic E-state index is 0.111. The van der Waals surface area contributed by atoms with Crippen LogP contribution in [0.4, 0.5) is 0 Å². The number of hydrogen-bond donors (Lipinski definition) is 0. The van der Waals surface area contributed by atoms with E-state index >= 15 is 0 Å². The minimum atomic E-state index is -0.729. The molecule has 2 rings (SSSR count). The Morgan fingerprint density at radius 2 is 2.36 bits per heavy atom. The van der Waals surface area contributed by atoms with Crippen LogP contribution in [-0.2, 0) is 14.3 Å². The van der Waals surface area contributed by atoms with Gasteiger partial charge in [-0.1, -0.05) is 23.8 Å². The van der Waals surface area contributed by atoms with E-state index in [0.29, 0.717) is 0 Å². The van der Waals surface area contributed by atoms with E-state index in [2.05, 4.69) is 10.8 Å². The molecule has 3 nitrogen and oxygen atoms in total. The summed E-state index contributed by atoms with van der Waals surface area (Å²) in [5.41, 5.74) is 1.17. The average molecular weight is 192 g/mol. The van der Waals surface area contributed by atoms with Crippen molar-refractivity contribution in [3.8, 4) is 0 Å². The number of rotatable bonds is 3. The Bertz CT molecular complexity index is 352. The summed E-state index contributed by atoms with van der Waals surface area (Å²) in [4.78, 5) is 22.3. The standard InChI is InChI=1S/C11H12O3/c1-14-10(13)9(12)7-11-4-2-8(6-11)3-5-11/h2-4H,5-7H2,1H3. The predicted molar refractivity (Wildman–Crippen MR) is 50.5 cm³/mol. The van der Waals surface area contributed by atoms with Crippen LogP contribution in [0.25, 0.3) is 0 Å². The van der Waals surface area contributed by atoms with Gasteiger partial charge < -0.3 is 4.74 Å². The third-order valence-corrected chi connectivity index (χ3v) is 2.90. The van der Waals surface area contributed by atoms with Crippen LogP contribution in [0.1, 0.15) is 19.3 Å². The average Bonchev–Trinajstić information content (AvgIpc) is 2.75. The van der Waals surface area contributed by atoms with E-state index in [0.717, 1.165) is 12.8 Å². The normalized spacial score (nSPS) is 27.6. The lowest BCUT2D eigenvalue weighted by Crippen LogP contribution is -2.24. The van der Waals surface area contributed by atoms with Crippen LogP contribution >= 0.6 is 0 Å². The number of fused-ring (bicyclic) bond motifs is 2. The topological polar surface area (TPSA) is 43.4 Å². The van der Waals surface area contributed by atoms with Gasteiger partial charge in [0.1, 0.15) is 0 Å². The summed E-state index contributed by atoms with van der Waals surface area (Å²) in [6, 6.07) is 0. The lowest BCUT2D eigenvalue weighted by Gasteiger charge is -2.20. The quantitative estimate of drug-likeness (QED) is 0.501. The summed E-state index contributed by atoms with van der Waals surface area (Å²) in [6.45, 7) is 0.